The summed E-state index contributed by atoms with van der Waals surface area (Å²) in [6, 6.07) is -5.07. The normalized spacial score (nSPS) is 14.3. The van der Waals surface area contributed by atoms with Gasteiger partial charge in [-0.05, 0) is 18.8 Å². The van der Waals surface area contributed by atoms with Gasteiger partial charge in [0, 0.05) is 12.3 Å². The highest BCUT2D eigenvalue weighted by molar-refractivity contribution is 7.80. The Hall–Kier alpha value is -3.07. The molecule has 4 atom stereocenters. The maximum atomic E-state index is 12.6. The first kappa shape index (κ1) is 29.9. The fourth-order valence-electron chi connectivity index (χ4n) is 2.45. The number of carbonyl (C=O) groups excluding carboxylic acids is 3. The van der Waals surface area contributed by atoms with Crippen LogP contribution in [0, 0.1) is 5.92 Å². The topological polar surface area (TPSA) is 252 Å². The average Bonchev–Trinajstić information content (AvgIpc) is 2.71. The number of nitrogens with one attached hydrogen (secondary N) is 3. The predicted octanol–water partition coefficient (Wildman–Crippen LogP) is -3.03. The molecule has 0 heterocycles. The summed E-state index contributed by atoms with van der Waals surface area (Å²) in [5.41, 5.74) is 16.1. The van der Waals surface area contributed by atoms with Gasteiger partial charge >= 0.3 is 11.9 Å². The van der Waals surface area contributed by atoms with Crippen LogP contribution in [0.25, 0.3) is 0 Å². The van der Waals surface area contributed by atoms with Crippen molar-refractivity contribution >= 4 is 48.2 Å². The molecule has 14 nitrogen and oxygen atoms in total. The number of guanidine groups is 1. The molecule has 33 heavy (non-hydrogen) atoms. The van der Waals surface area contributed by atoms with Gasteiger partial charge < -0.3 is 43.4 Å². The van der Waals surface area contributed by atoms with Crippen LogP contribution < -0.4 is 33.2 Å². The molecule has 15 heteroatoms. The standard InChI is InChI=1S/C18H33N7O7S/c1-8(2)13(19)16(30)25-11(7-33)15(29)24-10(6-12(26)27)14(28)23-9(17(31)32)4-3-5-22-18(20)21/h8-11,13,33H,3-7,19H2,1-2H3,(H,23,28)(H,24,29)(H,25,30)(H,26,27)(H,31,32)(H4,20,21,22). The zero-order valence-corrected chi connectivity index (χ0v) is 19.4. The van der Waals surface area contributed by atoms with E-state index in [2.05, 4.69) is 33.6 Å². The molecule has 0 radical (unpaired) electrons. The number of thiol groups is 1. The lowest BCUT2D eigenvalue weighted by atomic mass is 10.0. The van der Waals surface area contributed by atoms with E-state index in [1.54, 1.807) is 13.8 Å². The van der Waals surface area contributed by atoms with Gasteiger partial charge in [0.2, 0.25) is 17.7 Å². The molecule has 0 aliphatic heterocycles. The highest BCUT2D eigenvalue weighted by Gasteiger charge is 2.31. The summed E-state index contributed by atoms with van der Waals surface area (Å²) in [4.78, 5) is 63.6. The average molecular weight is 492 g/mol. The number of amides is 3. The van der Waals surface area contributed by atoms with Crippen LogP contribution in [0.2, 0.25) is 0 Å². The second kappa shape index (κ2) is 14.9. The van der Waals surface area contributed by atoms with E-state index in [9.17, 15) is 29.1 Å². The fraction of sp³-hybridized carbons (Fsp3) is 0.667. The van der Waals surface area contributed by atoms with E-state index in [0.29, 0.717) is 0 Å². The molecule has 0 saturated heterocycles. The SMILES string of the molecule is CC(C)C(N)C(=O)NC(CS)C(=O)NC(CC(=O)O)C(=O)NC(CCCN=C(N)N)C(=O)O. The molecule has 0 aromatic heterocycles. The lowest BCUT2D eigenvalue weighted by molar-refractivity contribution is -0.143. The van der Waals surface area contributed by atoms with Gasteiger partial charge in [-0.15, -0.1) is 0 Å². The van der Waals surface area contributed by atoms with Crippen molar-refractivity contribution in [1.82, 2.24) is 16.0 Å². The molecule has 0 aliphatic carbocycles. The van der Waals surface area contributed by atoms with E-state index in [-0.39, 0.29) is 37.0 Å². The van der Waals surface area contributed by atoms with Crippen LogP contribution in [0.4, 0.5) is 0 Å². The number of carboxylic acid groups (broad SMARTS) is 2. The number of aliphatic imine (C=N–C) groups is 1. The Labute approximate surface area is 196 Å². The van der Waals surface area contributed by atoms with Crippen LogP contribution in [0.15, 0.2) is 4.99 Å². The van der Waals surface area contributed by atoms with Crippen molar-refractivity contribution in [3.63, 3.8) is 0 Å². The summed E-state index contributed by atoms with van der Waals surface area (Å²) in [6.45, 7) is 3.55. The van der Waals surface area contributed by atoms with Crippen molar-refractivity contribution in [1.29, 1.82) is 0 Å². The van der Waals surface area contributed by atoms with Crippen molar-refractivity contribution in [2.24, 2.45) is 28.1 Å². The molecule has 0 aromatic carbocycles. The minimum absolute atomic E-state index is 0.0476. The third-order valence-electron chi connectivity index (χ3n) is 4.41. The Morgan fingerprint density at radius 2 is 1.42 bits per heavy atom. The molecule has 11 N–H and O–H groups in total. The summed E-state index contributed by atoms with van der Waals surface area (Å²) in [5.74, 6) is -5.84. The van der Waals surface area contributed by atoms with Crippen molar-refractivity contribution in [2.45, 2.75) is 57.3 Å². The molecule has 3 amide bonds. The van der Waals surface area contributed by atoms with Gasteiger partial charge in [0.05, 0.1) is 12.5 Å². The van der Waals surface area contributed by atoms with E-state index in [1.807, 2.05) is 0 Å². The van der Waals surface area contributed by atoms with Crippen molar-refractivity contribution in [3.8, 4) is 0 Å². The zero-order chi connectivity index (χ0) is 25.7. The fourth-order valence-corrected chi connectivity index (χ4v) is 2.71. The van der Waals surface area contributed by atoms with Crippen molar-refractivity contribution in [2.75, 3.05) is 12.3 Å². The van der Waals surface area contributed by atoms with E-state index in [4.69, 9.17) is 22.3 Å². The Morgan fingerprint density at radius 1 is 0.909 bits per heavy atom. The van der Waals surface area contributed by atoms with Crippen LogP contribution in [-0.2, 0) is 24.0 Å². The first-order valence-electron chi connectivity index (χ1n) is 10.1. The van der Waals surface area contributed by atoms with Crippen LogP contribution in [0.3, 0.4) is 0 Å². The zero-order valence-electron chi connectivity index (χ0n) is 18.5. The highest BCUT2D eigenvalue weighted by atomic mass is 32.1. The number of hydrogen-bond donors (Lipinski definition) is 9. The van der Waals surface area contributed by atoms with E-state index < -0.39 is 60.2 Å². The molecule has 0 fully saturated rings. The summed E-state index contributed by atoms with van der Waals surface area (Å²) in [5, 5.41) is 25.2. The van der Waals surface area contributed by atoms with Gasteiger partial charge in [-0.1, -0.05) is 13.8 Å². The van der Waals surface area contributed by atoms with E-state index >= 15 is 0 Å². The molecule has 4 unspecified atom stereocenters. The molecule has 0 aliphatic rings. The summed E-state index contributed by atoms with van der Waals surface area (Å²) in [6.07, 6.45) is -0.653. The second-order valence-corrected chi connectivity index (χ2v) is 7.89. The smallest absolute Gasteiger partial charge is 0.326 e. The maximum absolute atomic E-state index is 12.6. The Bertz CT molecular complexity index is 744. The number of carbonyl (C=O) groups is 5. The van der Waals surface area contributed by atoms with Crippen LogP contribution in [0.5, 0.6) is 0 Å². The summed E-state index contributed by atoms with van der Waals surface area (Å²) >= 11 is 4.00. The monoisotopic (exact) mass is 491 g/mol. The molecule has 188 valence electrons. The third kappa shape index (κ3) is 11.9. The van der Waals surface area contributed by atoms with Crippen LogP contribution in [0.1, 0.15) is 33.1 Å². The number of nitrogens with two attached hydrogens (primary N) is 3. The van der Waals surface area contributed by atoms with Crippen molar-refractivity contribution < 1.29 is 34.2 Å². The van der Waals surface area contributed by atoms with Gasteiger partial charge in [-0.3, -0.25) is 24.2 Å². The Morgan fingerprint density at radius 3 is 1.88 bits per heavy atom. The highest BCUT2D eigenvalue weighted by Crippen LogP contribution is 2.03. The van der Waals surface area contributed by atoms with Gasteiger partial charge in [0.1, 0.15) is 18.1 Å². The van der Waals surface area contributed by atoms with E-state index in [1.165, 1.54) is 0 Å². The molecular weight excluding hydrogens is 458 g/mol. The number of rotatable bonds is 15. The van der Waals surface area contributed by atoms with Gasteiger partial charge in [-0.25, -0.2) is 4.79 Å². The molecule has 0 bridgehead atoms. The number of aliphatic carboxylic acids is 2. The van der Waals surface area contributed by atoms with Gasteiger partial charge in [0.15, 0.2) is 5.96 Å². The maximum Gasteiger partial charge on any atom is 0.326 e. The Balaban J connectivity index is 5.27. The summed E-state index contributed by atoms with van der Waals surface area (Å²) in [7, 11) is 0. The molecular formula is C18H33N7O7S. The largest absolute Gasteiger partial charge is 0.481 e. The lowest BCUT2D eigenvalue weighted by Gasteiger charge is -2.24. The van der Waals surface area contributed by atoms with E-state index in [0.717, 1.165) is 0 Å². The number of hydrogen-bond acceptors (Lipinski definition) is 8. The van der Waals surface area contributed by atoms with Crippen molar-refractivity contribution in [3.05, 3.63) is 0 Å². The minimum Gasteiger partial charge on any atom is -0.481 e. The molecule has 0 saturated carbocycles. The number of carboxylic acids is 2. The number of nitrogens with zero attached hydrogens (tertiary/aromatic N) is 1. The van der Waals surface area contributed by atoms with Crippen LogP contribution in [-0.4, -0.2) is 82.3 Å². The first-order valence-corrected chi connectivity index (χ1v) is 10.7. The Kier molecular flexibility index (Phi) is 13.5. The van der Waals surface area contributed by atoms with Gasteiger partial charge in [-0.2, -0.15) is 12.6 Å². The summed E-state index contributed by atoms with van der Waals surface area (Å²) < 4.78 is 0. The molecule has 0 spiro atoms. The molecule has 0 rings (SSSR count). The quantitative estimate of drug-likeness (QED) is 0.0484. The predicted molar refractivity (Wildman–Crippen MR) is 122 cm³/mol. The lowest BCUT2D eigenvalue weighted by Crippen LogP contribution is -2.58. The second-order valence-electron chi connectivity index (χ2n) is 7.52. The minimum atomic E-state index is -1.60. The van der Waals surface area contributed by atoms with Crippen LogP contribution >= 0.6 is 12.6 Å². The third-order valence-corrected chi connectivity index (χ3v) is 4.77. The van der Waals surface area contributed by atoms with Gasteiger partial charge in [0.25, 0.3) is 0 Å². The first-order chi connectivity index (χ1) is 15.3. The molecule has 0 aromatic rings.